The highest BCUT2D eigenvalue weighted by atomic mass is 35.5. The summed E-state index contributed by atoms with van der Waals surface area (Å²) in [5.41, 5.74) is 7.77. The predicted octanol–water partition coefficient (Wildman–Crippen LogP) is 3.54. The highest BCUT2D eigenvalue weighted by Gasteiger charge is 2.22. The van der Waals surface area contributed by atoms with E-state index in [0.717, 1.165) is 12.5 Å². The Labute approximate surface area is 109 Å². The Morgan fingerprint density at radius 1 is 1.41 bits per heavy atom. The molecule has 3 heteroatoms. The largest absolute Gasteiger partial charge is 0.398 e. The molecule has 0 radical (unpaired) electrons. The van der Waals surface area contributed by atoms with Crippen LogP contribution in [0.4, 0.5) is 5.69 Å². The highest BCUT2D eigenvalue weighted by Crippen LogP contribution is 2.25. The fraction of sp³-hybridized carbons (Fsp3) is 0.571. The van der Waals surface area contributed by atoms with E-state index in [1.54, 1.807) is 0 Å². The molecule has 2 unspecified atom stereocenters. The van der Waals surface area contributed by atoms with Gasteiger partial charge in [-0.05, 0) is 49.9 Å². The lowest BCUT2D eigenvalue weighted by Gasteiger charge is -2.36. The standard InChI is InChI=1S/C14H21ClN2/c1-10-5-6-17(11(2)7-10)9-12-3-4-13(15)14(16)8-12/h3-4,8,10-11H,5-7,9,16H2,1-2H3. The van der Waals surface area contributed by atoms with E-state index < -0.39 is 0 Å². The van der Waals surface area contributed by atoms with E-state index in [4.69, 9.17) is 17.3 Å². The van der Waals surface area contributed by atoms with Crippen LogP contribution in [-0.4, -0.2) is 17.5 Å². The lowest BCUT2D eigenvalue weighted by molar-refractivity contribution is 0.122. The molecule has 0 saturated carbocycles. The van der Waals surface area contributed by atoms with Crippen LogP contribution in [-0.2, 0) is 6.54 Å². The quantitative estimate of drug-likeness (QED) is 0.816. The van der Waals surface area contributed by atoms with Crippen molar-refractivity contribution in [3.05, 3.63) is 28.8 Å². The molecule has 17 heavy (non-hydrogen) atoms. The Hall–Kier alpha value is -0.730. The number of nitrogen functional groups attached to an aromatic ring is 1. The van der Waals surface area contributed by atoms with Crippen LogP contribution < -0.4 is 5.73 Å². The molecule has 2 rings (SSSR count). The number of hydrogen-bond donors (Lipinski definition) is 1. The topological polar surface area (TPSA) is 29.3 Å². The Balaban J connectivity index is 2.02. The first-order chi connectivity index (χ1) is 8.06. The number of nitrogens with two attached hydrogens (primary N) is 1. The normalized spacial score (nSPS) is 26.1. The van der Waals surface area contributed by atoms with Gasteiger partial charge in [0.2, 0.25) is 0 Å². The van der Waals surface area contributed by atoms with Crippen LogP contribution in [0.1, 0.15) is 32.3 Å². The van der Waals surface area contributed by atoms with Gasteiger partial charge in [0.1, 0.15) is 0 Å². The summed E-state index contributed by atoms with van der Waals surface area (Å²) in [6.07, 6.45) is 2.59. The zero-order valence-electron chi connectivity index (χ0n) is 10.6. The average Bonchev–Trinajstić information content (AvgIpc) is 2.27. The molecule has 2 atom stereocenters. The van der Waals surface area contributed by atoms with Gasteiger partial charge in [0, 0.05) is 12.6 Å². The summed E-state index contributed by atoms with van der Waals surface area (Å²) in [7, 11) is 0. The van der Waals surface area contributed by atoms with E-state index in [1.807, 2.05) is 12.1 Å². The van der Waals surface area contributed by atoms with Gasteiger partial charge in [-0.1, -0.05) is 24.6 Å². The maximum absolute atomic E-state index is 5.93. The van der Waals surface area contributed by atoms with Gasteiger partial charge in [0.15, 0.2) is 0 Å². The highest BCUT2D eigenvalue weighted by molar-refractivity contribution is 6.33. The minimum absolute atomic E-state index is 0.647. The van der Waals surface area contributed by atoms with E-state index in [1.165, 1.54) is 24.9 Å². The van der Waals surface area contributed by atoms with Crippen LogP contribution in [0, 0.1) is 5.92 Å². The molecular weight excluding hydrogens is 232 g/mol. The van der Waals surface area contributed by atoms with Crippen LogP contribution >= 0.6 is 11.6 Å². The molecule has 1 aliphatic rings. The van der Waals surface area contributed by atoms with Crippen molar-refractivity contribution < 1.29 is 0 Å². The van der Waals surface area contributed by atoms with E-state index in [9.17, 15) is 0 Å². The summed E-state index contributed by atoms with van der Waals surface area (Å²) in [4.78, 5) is 2.53. The molecule has 0 aromatic heterocycles. The van der Waals surface area contributed by atoms with Crippen LogP contribution in [0.5, 0.6) is 0 Å². The van der Waals surface area contributed by atoms with E-state index >= 15 is 0 Å². The summed E-state index contributed by atoms with van der Waals surface area (Å²) in [6.45, 7) is 6.82. The molecular formula is C14H21ClN2. The van der Waals surface area contributed by atoms with Crippen LogP contribution in [0.15, 0.2) is 18.2 Å². The number of piperidine rings is 1. The first-order valence-corrected chi connectivity index (χ1v) is 6.72. The zero-order valence-corrected chi connectivity index (χ0v) is 11.4. The van der Waals surface area contributed by atoms with Crippen LogP contribution in [0.25, 0.3) is 0 Å². The molecule has 1 fully saturated rings. The van der Waals surface area contributed by atoms with Gasteiger partial charge in [-0.2, -0.15) is 0 Å². The summed E-state index contributed by atoms with van der Waals surface area (Å²) in [5, 5.41) is 0.647. The molecule has 94 valence electrons. The number of anilines is 1. The summed E-state index contributed by atoms with van der Waals surface area (Å²) in [6, 6.07) is 6.62. The third-order valence-corrected chi connectivity index (χ3v) is 4.07. The van der Waals surface area contributed by atoms with Gasteiger partial charge < -0.3 is 5.73 Å². The molecule has 2 N–H and O–H groups in total. The molecule has 0 amide bonds. The molecule has 1 saturated heterocycles. The summed E-state index contributed by atoms with van der Waals surface area (Å²) < 4.78 is 0. The van der Waals surface area contributed by atoms with Crippen molar-refractivity contribution >= 4 is 17.3 Å². The van der Waals surface area contributed by atoms with E-state index in [-0.39, 0.29) is 0 Å². The molecule has 0 bridgehead atoms. The molecule has 2 nitrogen and oxygen atoms in total. The number of rotatable bonds is 2. The average molecular weight is 253 g/mol. The van der Waals surface area contributed by atoms with Gasteiger partial charge in [-0.25, -0.2) is 0 Å². The maximum atomic E-state index is 5.93. The third kappa shape index (κ3) is 3.14. The SMILES string of the molecule is CC1CCN(Cc2ccc(Cl)c(N)c2)C(C)C1. The number of hydrogen-bond acceptors (Lipinski definition) is 2. The van der Waals surface area contributed by atoms with Crippen molar-refractivity contribution in [2.24, 2.45) is 5.92 Å². The Kier molecular flexibility index (Phi) is 3.95. The summed E-state index contributed by atoms with van der Waals surface area (Å²) in [5.74, 6) is 0.858. The molecule has 0 spiro atoms. The zero-order chi connectivity index (χ0) is 12.4. The Bertz CT molecular complexity index is 392. The molecule has 0 aliphatic carbocycles. The fourth-order valence-corrected chi connectivity index (χ4v) is 2.73. The van der Waals surface area contributed by atoms with Gasteiger partial charge in [-0.15, -0.1) is 0 Å². The van der Waals surface area contributed by atoms with E-state index in [2.05, 4.69) is 24.8 Å². The van der Waals surface area contributed by atoms with Gasteiger partial charge in [0.05, 0.1) is 10.7 Å². The second-order valence-electron chi connectivity index (χ2n) is 5.30. The number of halogens is 1. The minimum Gasteiger partial charge on any atom is -0.398 e. The predicted molar refractivity (Wildman–Crippen MR) is 74.1 cm³/mol. The Morgan fingerprint density at radius 3 is 2.82 bits per heavy atom. The lowest BCUT2D eigenvalue weighted by Crippen LogP contribution is -2.39. The second-order valence-corrected chi connectivity index (χ2v) is 5.71. The van der Waals surface area contributed by atoms with Crippen molar-refractivity contribution in [1.29, 1.82) is 0 Å². The smallest absolute Gasteiger partial charge is 0.0635 e. The molecule has 1 aliphatic heterocycles. The van der Waals surface area contributed by atoms with Crippen molar-refractivity contribution in [3.8, 4) is 0 Å². The lowest BCUT2D eigenvalue weighted by atomic mass is 9.93. The maximum Gasteiger partial charge on any atom is 0.0635 e. The summed E-state index contributed by atoms with van der Waals surface area (Å²) >= 11 is 5.93. The number of likely N-dealkylation sites (tertiary alicyclic amines) is 1. The third-order valence-electron chi connectivity index (χ3n) is 3.72. The van der Waals surface area contributed by atoms with Crippen LogP contribution in [0.2, 0.25) is 5.02 Å². The first-order valence-electron chi connectivity index (χ1n) is 6.34. The van der Waals surface area contributed by atoms with Crippen molar-refractivity contribution in [2.45, 2.75) is 39.3 Å². The minimum atomic E-state index is 0.647. The van der Waals surface area contributed by atoms with Crippen LogP contribution in [0.3, 0.4) is 0 Å². The fourth-order valence-electron chi connectivity index (χ4n) is 2.62. The van der Waals surface area contributed by atoms with Gasteiger partial charge >= 0.3 is 0 Å². The monoisotopic (exact) mass is 252 g/mol. The van der Waals surface area contributed by atoms with E-state index in [0.29, 0.717) is 16.8 Å². The molecule has 1 aromatic carbocycles. The number of nitrogens with zero attached hydrogens (tertiary/aromatic N) is 1. The molecule has 1 heterocycles. The van der Waals surface area contributed by atoms with Gasteiger partial charge in [0.25, 0.3) is 0 Å². The first kappa shape index (κ1) is 12.7. The Morgan fingerprint density at radius 2 is 2.18 bits per heavy atom. The number of benzene rings is 1. The second kappa shape index (κ2) is 5.28. The molecule has 1 aromatic rings. The van der Waals surface area contributed by atoms with Crippen molar-refractivity contribution in [1.82, 2.24) is 4.90 Å². The van der Waals surface area contributed by atoms with Crippen molar-refractivity contribution in [2.75, 3.05) is 12.3 Å². The van der Waals surface area contributed by atoms with Crippen molar-refractivity contribution in [3.63, 3.8) is 0 Å². The van der Waals surface area contributed by atoms with Gasteiger partial charge in [-0.3, -0.25) is 4.90 Å².